The molecule has 18 heavy (non-hydrogen) atoms. The van der Waals surface area contributed by atoms with Crippen LogP contribution in [0.15, 0.2) is 0 Å². The number of nitrogens with one attached hydrogen (secondary N) is 1. The van der Waals surface area contributed by atoms with E-state index in [4.69, 9.17) is 11.5 Å². The number of carbonyl (C=O) groups excluding carboxylic acids is 2. The molecule has 0 radical (unpaired) electrons. The van der Waals surface area contributed by atoms with Crippen molar-refractivity contribution < 1.29 is 9.59 Å². The summed E-state index contributed by atoms with van der Waals surface area (Å²) in [4.78, 5) is 23.2. The molecule has 0 heterocycles. The minimum Gasteiger partial charge on any atom is -0.368 e. The van der Waals surface area contributed by atoms with Crippen LogP contribution in [0.2, 0.25) is 0 Å². The van der Waals surface area contributed by atoms with Gasteiger partial charge in [-0.1, -0.05) is 26.7 Å². The predicted octanol–water partition coefficient (Wildman–Crippen LogP) is 1.06. The lowest BCUT2D eigenvalue weighted by atomic mass is 9.91. The lowest BCUT2D eigenvalue weighted by Crippen LogP contribution is -2.56. The molecular weight excluding hydrogens is 230 g/mol. The summed E-state index contributed by atoms with van der Waals surface area (Å²) in [5, 5.41) is 2.78. The molecule has 0 aliphatic heterocycles. The summed E-state index contributed by atoms with van der Waals surface area (Å²) in [6.07, 6.45) is 5.36. The van der Waals surface area contributed by atoms with E-state index in [2.05, 4.69) is 5.32 Å². The Hall–Kier alpha value is -1.10. The van der Waals surface area contributed by atoms with Gasteiger partial charge in [0.1, 0.15) is 5.54 Å². The zero-order chi connectivity index (χ0) is 14.0. The summed E-state index contributed by atoms with van der Waals surface area (Å²) in [6.45, 7) is 4.41. The van der Waals surface area contributed by atoms with Crippen LogP contribution in [0.25, 0.3) is 0 Å². The lowest BCUT2D eigenvalue weighted by molar-refractivity contribution is -0.132. The molecule has 0 aliphatic carbocycles. The Balaban J connectivity index is 4.08. The molecule has 0 rings (SSSR count). The van der Waals surface area contributed by atoms with E-state index in [0.717, 1.165) is 25.7 Å². The summed E-state index contributed by atoms with van der Waals surface area (Å²) >= 11 is 0. The number of carbonyl (C=O) groups is 2. The molecule has 0 saturated carbocycles. The summed E-state index contributed by atoms with van der Waals surface area (Å²) in [5.41, 5.74) is 9.88. The van der Waals surface area contributed by atoms with Crippen molar-refractivity contribution in [2.75, 3.05) is 6.54 Å². The highest BCUT2D eigenvalue weighted by Gasteiger charge is 2.33. The fourth-order valence-electron chi connectivity index (χ4n) is 1.95. The van der Waals surface area contributed by atoms with Crippen molar-refractivity contribution in [1.29, 1.82) is 0 Å². The first-order chi connectivity index (χ1) is 8.52. The van der Waals surface area contributed by atoms with Crippen molar-refractivity contribution in [2.24, 2.45) is 11.5 Å². The molecule has 0 bridgehead atoms. The highest BCUT2D eigenvalue weighted by molar-refractivity contribution is 5.90. The summed E-state index contributed by atoms with van der Waals surface area (Å²) in [5.74, 6) is -0.547. The molecule has 2 amide bonds. The average Bonchev–Trinajstić information content (AvgIpc) is 2.35. The molecule has 0 aromatic carbocycles. The van der Waals surface area contributed by atoms with Crippen molar-refractivity contribution in [3.05, 3.63) is 0 Å². The first-order valence-corrected chi connectivity index (χ1v) is 6.83. The van der Waals surface area contributed by atoms with E-state index in [-0.39, 0.29) is 5.91 Å². The SMILES string of the molecule is CCC(CC)(NC(=O)CCCCCCN)C(N)=O. The second kappa shape index (κ2) is 8.91. The maximum Gasteiger partial charge on any atom is 0.243 e. The molecule has 0 aromatic rings. The van der Waals surface area contributed by atoms with Crippen LogP contribution in [0.1, 0.15) is 58.8 Å². The molecule has 5 heteroatoms. The van der Waals surface area contributed by atoms with E-state index in [0.29, 0.717) is 25.8 Å². The van der Waals surface area contributed by atoms with Crippen LogP contribution in [-0.2, 0) is 9.59 Å². The molecule has 0 saturated heterocycles. The van der Waals surface area contributed by atoms with Crippen LogP contribution in [0.3, 0.4) is 0 Å². The molecule has 5 nitrogen and oxygen atoms in total. The Kier molecular flexibility index (Phi) is 8.37. The second-order valence-electron chi connectivity index (χ2n) is 4.65. The minimum absolute atomic E-state index is 0.0924. The third-order valence-corrected chi connectivity index (χ3v) is 3.42. The first-order valence-electron chi connectivity index (χ1n) is 6.83. The summed E-state index contributed by atoms with van der Waals surface area (Å²) in [7, 11) is 0. The van der Waals surface area contributed by atoms with Crippen LogP contribution in [-0.4, -0.2) is 23.9 Å². The van der Waals surface area contributed by atoms with Crippen molar-refractivity contribution >= 4 is 11.8 Å². The quantitative estimate of drug-likeness (QED) is 0.510. The van der Waals surface area contributed by atoms with E-state index in [1.165, 1.54) is 0 Å². The Morgan fingerprint density at radius 2 is 1.61 bits per heavy atom. The van der Waals surface area contributed by atoms with Gasteiger partial charge in [-0.2, -0.15) is 0 Å². The van der Waals surface area contributed by atoms with E-state index in [1.54, 1.807) is 0 Å². The summed E-state index contributed by atoms with van der Waals surface area (Å²) in [6, 6.07) is 0. The smallest absolute Gasteiger partial charge is 0.243 e. The Morgan fingerprint density at radius 1 is 1.06 bits per heavy atom. The fraction of sp³-hybridized carbons (Fsp3) is 0.846. The lowest BCUT2D eigenvalue weighted by Gasteiger charge is -2.29. The summed E-state index contributed by atoms with van der Waals surface area (Å²) < 4.78 is 0. The van der Waals surface area contributed by atoms with Crippen molar-refractivity contribution in [3.8, 4) is 0 Å². The molecule has 0 fully saturated rings. The third kappa shape index (κ3) is 5.49. The van der Waals surface area contributed by atoms with E-state index < -0.39 is 11.4 Å². The maximum atomic E-state index is 11.8. The van der Waals surface area contributed by atoms with Crippen LogP contribution in [0.5, 0.6) is 0 Å². The van der Waals surface area contributed by atoms with Crippen LogP contribution < -0.4 is 16.8 Å². The van der Waals surface area contributed by atoms with Gasteiger partial charge in [0.15, 0.2) is 0 Å². The van der Waals surface area contributed by atoms with Gasteiger partial charge < -0.3 is 16.8 Å². The number of rotatable bonds is 10. The van der Waals surface area contributed by atoms with E-state index in [9.17, 15) is 9.59 Å². The van der Waals surface area contributed by atoms with Crippen LogP contribution in [0.4, 0.5) is 0 Å². The topological polar surface area (TPSA) is 98.2 Å². The van der Waals surface area contributed by atoms with Crippen molar-refractivity contribution in [2.45, 2.75) is 64.3 Å². The number of unbranched alkanes of at least 4 members (excludes halogenated alkanes) is 3. The van der Waals surface area contributed by atoms with E-state index >= 15 is 0 Å². The molecule has 0 spiro atoms. The van der Waals surface area contributed by atoms with Gasteiger partial charge in [0.2, 0.25) is 11.8 Å². The zero-order valence-electron chi connectivity index (χ0n) is 11.6. The molecule has 0 unspecified atom stereocenters. The van der Waals surface area contributed by atoms with Crippen molar-refractivity contribution in [1.82, 2.24) is 5.32 Å². The van der Waals surface area contributed by atoms with Gasteiger partial charge in [-0.15, -0.1) is 0 Å². The monoisotopic (exact) mass is 257 g/mol. The predicted molar refractivity (Wildman–Crippen MR) is 72.8 cm³/mol. The second-order valence-corrected chi connectivity index (χ2v) is 4.65. The normalized spacial score (nSPS) is 11.3. The molecule has 0 aromatic heterocycles. The van der Waals surface area contributed by atoms with Gasteiger partial charge in [0, 0.05) is 6.42 Å². The van der Waals surface area contributed by atoms with Crippen LogP contribution >= 0.6 is 0 Å². The van der Waals surface area contributed by atoms with E-state index in [1.807, 2.05) is 13.8 Å². The number of hydrogen-bond acceptors (Lipinski definition) is 3. The molecular formula is C13H27N3O2. The van der Waals surface area contributed by atoms with Gasteiger partial charge in [-0.05, 0) is 32.2 Å². The Labute approximate surface area is 110 Å². The molecule has 0 aliphatic rings. The molecule has 106 valence electrons. The largest absolute Gasteiger partial charge is 0.368 e. The minimum atomic E-state index is -0.881. The maximum absolute atomic E-state index is 11.8. The first kappa shape index (κ1) is 16.9. The highest BCUT2D eigenvalue weighted by atomic mass is 16.2. The van der Waals surface area contributed by atoms with Gasteiger partial charge in [-0.25, -0.2) is 0 Å². The van der Waals surface area contributed by atoms with Gasteiger partial charge >= 0.3 is 0 Å². The van der Waals surface area contributed by atoms with Gasteiger partial charge in [0.25, 0.3) is 0 Å². The molecule has 0 atom stereocenters. The number of primary amides is 1. The standard InChI is InChI=1S/C13H27N3O2/c1-3-13(4-2,12(15)18)16-11(17)9-7-5-6-8-10-14/h3-10,14H2,1-2H3,(H2,15,18)(H,16,17). The Bertz CT molecular complexity index is 263. The highest BCUT2D eigenvalue weighted by Crippen LogP contribution is 2.15. The van der Waals surface area contributed by atoms with Crippen LogP contribution in [0, 0.1) is 0 Å². The Morgan fingerprint density at radius 3 is 2.06 bits per heavy atom. The zero-order valence-corrected chi connectivity index (χ0v) is 11.6. The molecule has 5 N–H and O–H groups in total. The number of nitrogens with two attached hydrogens (primary N) is 2. The van der Waals surface area contributed by atoms with Crippen molar-refractivity contribution in [3.63, 3.8) is 0 Å². The average molecular weight is 257 g/mol. The fourth-order valence-corrected chi connectivity index (χ4v) is 1.95. The van der Waals surface area contributed by atoms with Gasteiger partial charge in [-0.3, -0.25) is 9.59 Å². The van der Waals surface area contributed by atoms with Gasteiger partial charge in [0.05, 0.1) is 0 Å². The third-order valence-electron chi connectivity index (χ3n) is 3.42. The number of hydrogen-bond donors (Lipinski definition) is 3. The number of amides is 2.